The summed E-state index contributed by atoms with van der Waals surface area (Å²) in [5.74, 6) is 0.0898. The summed E-state index contributed by atoms with van der Waals surface area (Å²) < 4.78 is 16.2. The van der Waals surface area contributed by atoms with Crippen LogP contribution in [0.3, 0.4) is 0 Å². The van der Waals surface area contributed by atoms with E-state index in [0.29, 0.717) is 30.1 Å². The molecule has 5 nitrogen and oxygen atoms in total. The molecule has 0 spiro atoms. The molecule has 0 saturated heterocycles. The Morgan fingerprint density at radius 1 is 0.800 bits per heavy atom. The summed E-state index contributed by atoms with van der Waals surface area (Å²) in [6.45, 7) is 3.95. The van der Waals surface area contributed by atoms with E-state index in [1.807, 2.05) is 62.4 Å². The van der Waals surface area contributed by atoms with Crippen LogP contribution in [0.25, 0.3) is 0 Å². The van der Waals surface area contributed by atoms with Gasteiger partial charge in [0.25, 0.3) is 0 Å². The molecule has 0 heterocycles. The van der Waals surface area contributed by atoms with E-state index in [-0.39, 0.29) is 6.61 Å². The molecule has 3 aromatic rings. The first-order valence-corrected chi connectivity index (χ1v) is 9.74. The number of rotatable bonds is 8. The van der Waals surface area contributed by atoms with Gasteiger partial charge in [0.05, 0.1) is 12.2 Å². The largest absolute Gasteiger partial charge is 0.481 e. The fourth-order valence-electron chi connectivity index (χ4n) is 2.97. The number of benzene rings is 3. The van der Waals surface area contributed by atoms with Crippen molar-refractivity contribution in [3.05, 3.63) is 95.1 Å². The van der Waals surface area contributed by atoms with Crippen LogP contribution in [0.15, 0.2) is 72.8 Å². The lowest BCUT2D eigenvalue weighted by molar-refractivity contribution is -0.136. The maximum Gasteiger partial charge on any atom is 0.349 e. The van der Waals surface area contributed by atoms with Crippen molar-refractivity contribution in [3.8, 4) is 11.5 Å². The highest BCUT2D eigenvalue weighted by molar-refractivity contribution is 5.89. The van der Waals surface area contributed by atoms with E-state index in [4.69, 9.17) is 14.2 Å². The Hall–Kier alpha value is -3.60. The Balaban J connectivity index is 1.46. The van der Waals surface area contributed by atoms with Gasteiger partial charge in [0.15, 0.2) is 6.61 Å². The van der Waals surface area contributed by atoms with Gasteiger partial charge in [-0.2, -0.15) is 0 Å². The zero-order chi connectivity index (χ0) is 21.3. The van der Waals surface area contributed by atoms with E-state index in [1.165, 1.54) is 0 Å². The van der Waals surface area contributed by atoms with E-state index < -0.39 is 11.9 Å². The van der Waals surface area contributed by atoms with E-state index in [9.17, 15) is 9.59 Å². The minimum absolute atomic E-state index is 0.199. The number of hydrogen-bond donors (Lipinski definition) is 0. The van der Waals surface area contributed by atoms with Crippen molar-refractivity contribution < 1.29 is 23.8 Å². The molecule has 3 aromatic carbocycles. The second-order valence-electron chi connectivity index (χ2n) is 6.88. The highest BCUT2D eigenvalue weighted by atomic mass is 16.6. The van der Waals surface area contributed by atoms with E-state index in [2.05, 4.69) is 0 Å². The number of ether oxygens (including phenoxy) is 3. The molecule has 0 radical (unpaired) electrons. The molecule has 5 heteroatoms. The molecule has 3 rings (SSSR count). The fraction of sp³-hybridized carbons (Fsp3) is 0.200. The van der Waals surface area contributed by atoms with Crippen LogP contribution in [0.4, 0.5) is 0 Å². The molecule has 0 bridgehead atoms. The molecule has 30 heavy (non-hydrogen) atoms. The zero-order valence-corrected chi connectivity index (χ0v) is 17.1. The normalized spacial score (nSPS) is 10.3. The van der Waals surface area contributed by atoms with Crippen molar-refractivity contribution >= 4 is 11.9 Å². The van der Waals surface area contributed by atoms with Crippen LogP contribution >= 0.6 is 0 Å². The first-order chi connectivity index (χ1) is 14.5. The third-order valence-corrected chi connectivity index (χ3v) is 4.53. The lowest BCUT2D eigenvalue weighted by Gasteiger charge is -2.11. The van der Waals surface area contributed by atoms with Gasteiger partial charge < -0.3 is 14.2 Å². The predicted octanol–water partition coefficient (Wildman–Crippen LogP) is 4.69. The fourth-order valence-corrected chi connectivity index (χ4v) is 2.97. The second kappa shape index (κ2) is 10.3. The summed E-state index contributed by atoms with van der Waals surface area (Å²) >= 11 is 0. The SMILES string of the molecule is Cc1cccc(C)c1OCC(=O)Oc1ccc(C(=O)OCCc2ccccc2)cc1. The molecule has 0 aliphatic heterocycles. The van der Waals surface area contributed by atoms with Crippen LogP contribution in [-0.4, -0.2) is 25.2 Å². The molecule has 0 N–H and O–H groups in total. The molecule has 0 saturated carbocycles. The number of carbonyl (C=O) groups excluding carboxylic acids is 2. The molecule has 0 aliphatic rings. The molecule has 0 fully saturated rings. The maximum absolute atomic E-state index is 12.1. The Kier molecular flexibility index (Phi) is 7.22. The molecular formula is C25H24O5. The standard InChI is InChI=1S/C25H24O5/c1-18-7-6-8-19(2)24(18)29-17-23(26)30-22-13-11-21(12-14-22)25(27)28-16-15-20-9-4-3-5-10-20/h3-14H,15-17H2,1-2H3. The van der Waals surface area contributed by atoms with E-state index in [0.717, 1.165) is 16.7 Å². The Bertz CT molecular complexity index is 974. The first-order valence-electron chi connectivity index (χ1n) is 9.74. The molecule has 0 unspecified atom stereocenters. The van der Waals surface area contributed by atoms with Crippen LogP contribution in [0.5, 0.6) is 11.5 Å². The summed E-state index contributed by atoms with van der Waals surface area (Å²) in [5.41, 5.74) is 3.42. The van der Waals surface area contributed by atoms with Gasteiger partial charge in [0.1, 0.15) is 11.5 Å². The second-order valence-corrected chi connectivity index (χ2v) is 6.88. The quantitative estimate of drug-likeness (QED) is 0.403. The molecule has 0 aromatic heterocycles. The summed E-state index contributed by atoms with van der Waals surface area (Å²) in [5, 5.41) is 0. The van der Waals surface area contributed by atoms with Gasteiger partial charge in [-0.1, -0.05) is 48.5 Å². The van der Waals surface area contributed by atoms with Crippen LogP contribution < -0.4 is 9.47 Å². The highest BCUT2D eigenvalue weighted by Crippen LogP contribution is 2.22. The zero-order valence-electron chi connectivity index (χ0n) is 17.1. The highest BCUT2D eigenvalue weighted by Gasteiger charge is 2.11. The number of para-hydroxylation sites is 1. The Morgan fingerprint density at radius 2 is 1.47 bits per heavy atom. The third-order valence-electron chi connectivity index (χ3n) is 4.53. The Morgan fingerprint density at radius 3 is 2.13 bits per heavy atom. The average molecular weight is 404 g/mol. The molecule has 0 aliphatic carbocycles. The number of hydrogen-bond acceptors (Lipinski definition) is 5. The Labute approximate surface area is 176 Å². The minimum Gasteiger partial charge on any atom is -0.481 e. The topological polar surface area (TPSA) is 61.8 Å². The number of aryl methyl sites for hydroxylation is 2. The van der Waals surface area contributed by atoms with Crippen LogP contribution in [0.2, 0.25) is 0 Å². The summed E-state index contributed by atoms with van der Waals surface area (Å²) in [6, 6.07) is 21.9. The van der Waals surface area contributed by atoms with Crippen molar-refractivity contribution in [1.29, 1.82) is 0 Å². The van der Waals surface area contributed by atoms with E-state index >= 15 is 0 Å². The van der Waals surface area contributed by atoms with Crippen molar-refractivity contribution in [2.75, 3.05) is 13.2 Å². The predicted molar refractivity (Wildman–Crippen MR) is 114 cm³/mol. The van der Waals surface area contributed by atoms with Crippen molar-refractivity contribution in [1.82, 2.24) is 0 Å². The van der Waals surface area contributed by atoms with Gasteiger partial charge in [0.2, 0.25) is 0 Å². The van der Waals surface area contributed by atoms with Crippen molar-refractivity contribution in [2.45, 2.75) is 20.3 Å². The molecule has 0 amide bonds. The number of carbonyl (C=O) groups is 2. The van der Waals surface area contributed by atoms with E-state index in [1.54, 1.807) is 24.3 Å². The summed E-state index contributed by atoms with van der Waals surface area (Å²) in [6.07, 6.45) is 0.655. The first kappa shape index (κ1) is 21.1. The van der Waals surface area contributed by atoms with Gasteiger partial charge in [0, 0.05) is 6.42 Å². The third kappa shape index (κ3) is 5.95. The lowest BCUT2D eigenvalue weighted by atomic mass is 10.1. The van der Waals surface area contributed by atoms with Crippen molar-refractivity contribution in [2.24, 2.45) is 0 Å². The van der Waals surface area contributed by atoms with Crippen LogP contribution in [-0.2, 0) is 16.0 Å². The van der Waals surface area contributed by atoms with Gasteiger partial charge in [-0.05, 0) is 54.8 Å². The molecular weight excluding hydrogens is 380 g/mol. The minimum atomic E-state index is -0.518. The van der Waals surface area contributed by atoms with Crippen LogP contribution in [0.1, 0.15) is 27.0 Å². The van der Waals surface area contributed by atoms with Gasteiger partial charge >= 0.3 is 11.9 Å². The monoisotopic (exact) mass is 404 g/mol. The van der Waals surface area contributed by atoms with Crippen LogP contribution in [0, 0.1) is 13.8 Å². The molecule has 154 valence electrons. The maximum atomic E-state index is 12.1. The van der Waals surface area contributed by atoms with Gasteiger partial charge in [-0.15, -0.1) is 0 Å². The summed E-state index contributed by atoms with van der Waals surface area (Å²) in [4.78, 5) is 24.2. The average Bonchev–Trinajstić information content (AvgIpc) is 2.74. The summed E-state index contributed by atoms with van der Waals surface area (Å²) in [7, 11) is 0. The van der Waals surface area contributed by atoms with Gasteiger partial charge in [-0.25, -0.2) is 9.59 Å². The van der Waals surface area contributed by atoms with Gasteiger partial charge in [-0.3, -0.25) is 0 Å². The lowest BCUT2D eigenvalue weighted by Crippen LogP contribution is -2.18. The number of esters is 2. The molecule has 0 atom stereocenters. The van der Waals surface area contributed by atoms with Crippen molar-refractivity contribution in [3.63, 3.8) is 0 Å². The smallest absolute Gasteiger partial charge is 0.349 e.